The van der Waals surface area contributed by atoms with Gasteiger partial charge in [-0.25, -0.2) is 28.7 Å². The lowest BCUT2D eigenvalue weighted by Crippen LogP contribution is -2.12. The lowest BCUT2D eigenvalue weighted by Gasteiger charge is -2.14. The van der Waals surface area contributed by atoms with Crippen LogP contribution in [0, 0.1) is 18.6 Å². The van der Waals surface area contributed by atoms with E-state index >= 15 is 0 Å². The molecule has 0 aliphatic heterocycles. The van der Waals surface area contributed by atoms with E-state index in [1.54, 1.807) is 31.0 Å². The van der Waals surface area contributed by atoms with Gasteiger partial charge in [-0.3, -0.25) is 4.68 Å². The Kier molecular flexibility index (Phi) is 8.01. The van der Waals surface area contributed by atoms with Crippen LogP contribution in [0.25, 0.3) is 11.5 Å². The first kappa shape index (κ1) is 27.2. The number of rotatable bonds is 12. The summed E-state index contributed by atoms with van der Waals surface area (Å²) in [5.41, 5.74) is 8.38. The first-order valence-corrected chi connectivity index (χ1v) is 12.9. The van der Waals surface area contributed by atoms with Gasteiger partial charge in [0.05, 0.1) is 19.8 Å². The Bertz CT molecular complexity index is 1470. The fourth-order valence-corrected chi connectivity index (χ4v) is 4.42. The molecule has 1 aliphatic carbocycles. The molecule has 1 aliphatic rings. The van der Waals surface area contributed by atoms with Crippen molar-refractivity contribution in [2.24, 2.45) is 0 Å². The molecular formula is C27H30F2N8O3. The van der Waals surface area contributed by atoms with Gasteiger partial charge in [0, 0.05) is 48.2 Å². The molecule has 210 valence electrons. The number of hydrogen-bond acceptors (Lipinski definition) is 10. The summed E-state index contributed by atoms with van der Waals surface area (Å²) in [5, 5.41) is 7.83. The molecule has 5 rings (SSSR count). The molecule has 0 amide bonds. The third-order valence-corrected chi connectivity index (χ3v) is 6.40. The van der Waals surface area contributed by atoms with E-state index in [0.717, 1.165) is 24.1 Å². The third-order valence-electron chi connectivity index (χ3n) is 6.40. The highest BCUT2D eigenvalue weighted by Crippen LogP contribution is 2.44. The van der Waals surface area contributed by atoms with Crippen molar-refractivity contribution in [3.8, 4) is 23.0 Å². The van der Waals surface area contributed by atoms with E-state index in [0.29, 0.717) is 24.7 Å². The molecule has 1 aromatic carbocycles. The Hall–Kier alpha value is -4.39. The quantitative estimate of drug-likeness (QED) is 0.244. The topological polar surface area (TPSA) is 135 Å². The standard InChI is InChI=1S/C27H30F2N8O3/c1-4-39-17-11-19(28)18(20(29)12-17)13-37-23(16-5-6-16)15(2)22(36-37)26-34-25(30)24(40-10-9-38-3)27(35-26)33-21-7-8-31-14-32-21/h7-8,11-12,14,16H,4-6,9-10,13H2,1-3H3,(H3,30,31,32,33,34,35). The molecule has 1 saturated carbocycles. The summed E-state index contributed by atoms with van der Waals surface area (Å²) in [4.78, 5) is 17.3. The molecule has 3 N–H and O–H groups in total. The molecule has 0 spiro atoms. The van der Waals surface area contributed by atoms with Crippen LogP contribution < -0.4 is 20.5 Å². The summed E-state index contributed by atoms with van der Waals surface area (Å²) in [6, 6.07) is 4.04. The largest absolute Gasteiger partial charge is 0.494 e. The van der Waals surface area contributed by atoms with Crippen molar-refractivity contribution in [1.82, 2.24) is 29.7 Å². The van der Waals surface area contributed by atoms with E-state index < -0.39 is 11.6 Å². The predicted molar refractivity (Wildman–Crippen MR) is 144 cm³/mol. The predicted octanol–water partition coefficient (Wildman–Crippen LogP) is 4.39. The van der Waals surface area contributed by atoms with Gasteiger partial charge in [-0.1, -0.05) is 0 Å². The maximum atomic E-state index is 14.9. The normalized spacial score (nSPS) is 12.9. The highest BCUT2D eigenvalue weighted by molar-refractivity contribution is 5.71. The van der Waals surface area contributed by atoms with Crippen LogP contribution in [0.4, 0.5) is 26.2 Å². The number of hydrogen-bond donors (Lipinski definition) is 2. The van der Waals surface area contributed by atoms with Crippen LogP contribution >= 0.6 is 0 Å². The summed E-state index contributed by atoms with van der Waals surface area (Å²) >= 11 is 0. The first-order valence-electron chi connectivity index (χ1n) is 12.9. The zero-order valence-electron chi connectivity index (χ0n) is 22.4. The molecular weight excluding hydrogens is 522 g/mol. The van der Waals surface area contributed by atoms with Crippen molar-refractivity contribution in [2.75, 3.05) is 38.0 Å². The Morgan fingerprint density at radius 3 is 2.55 bits per heavy atom. The van der Waals surface area contributed by atoms with E-state index in [-0.39, 0.29) is 53.6 Å². The zero-order valence-corrected chi connectivity index (χ0v) is 22.4. The number of halogens is 2. The average molecular weight is 553 g/mol. The van der Waals surface area contributed by atoms with E-state index in [1.807, 2.05) is 6.92 Å². The number of aromatic nitrogens is 6. The Morgan fingerprint density at radius 2 is 1.90 bits per heavy atom. The molecule has 13 heteroatoms. The number of nitrogens with one attached hydrogen (secondary N) is 1. The Morgan fingerprint density at radius 1 is 1.12 bits per heavy atom. The Balaban J connectivity index is 1.55. The summed E-state index contributed by atoms with van der Waals surface area (Å²) in [5.74, 6) is 0.271. The van der Waals surface area contributed by atoms with Gasteiger partial charge in [0.25, 0.3) is 0 Å². The lowest BCUT2D eigenvalue weighted by molar-refractivity contribution is 0.147. The number of ether oxygens (including phenoxy) is 3. The number of anilines is 3. The number of nitrogen functional groups attached to an aromatic ring is 1. The molecule has 0 radical (unpaired) electrons. The number of nitrogens with zero attached hydrogens (tertiary/aromatic N) is 6. The second-order valence-corrected chi connectivity index (χ2v) is 9.26. The zero-order chi connectivity index (χ0) is 28.2. The minimum absolute atomic E-state index is 0.0863. The number of benzene rings is 1. The smallest absolute Gasteiger partial charge is 0.204 e. The van der Waals surface area contributed by atoms with Gasteiger partial charge < -0.3 is 25.3 Å². The van der Waals surface area contributed by atoms with E-state index in [1.165, 1.54) is 18.5 Å². The second kappa shape index (κ2) is 11.8. The third kappa shape index (κ3) is 5.78. The summed E-state index contributed by atoms with van der Waals surface area (Å²) in [7, 11) is 1.56. The fourth-order valence-electron chi connectivity index (χ4n) is 4.42. The molecule has 4 aromatic rings. The summed E-state index contributed by atoms with van der Waals surface area (Å²) in [6.07, 6.45) is 4.89. The van der Waals surface area contributed by atoms with Gasteiger partial charge in [-0.15, -0.1) is 0 Å². The van der Waals surface area contributed by atoms with E-state index in [4.69, 9.17) is 25.0 Å². The van der Waals surface area contributed by atoms with Gasteiger partial charge in [-0.2, -0.15) is 5.10 Å². The van der Waals surface area contributed by atoms with Gasteiger partial charge in [0.15, 0.2) is 17.5 Å². The van der Waals surface area contributed by atoms with Crippen molar-refractivity contribution in [1.29, 1.82) is 0 Å². The van der Waals surface area contributed by atoms with E-state index in [9.17, 15) is 8.78 Å². The summed E-state index contributed by atoms with van der Waals surface area (Å²) in [6.45, 7) is 4.41. The van der Waals surface area contributed by atoms with E-state index in [2.05, 4.69) is 25.3 Å². The monoisotopic (exact) mass is 552 g/mol. The van der Waals surface area contributed by atoms with Crippen molar-refractivity contribution in [3.63, 3.8) is 0 Å². The van der Waals surface area contributed by atoms with Crippen molar-refractivity contribution < 1.29 is 23.0 Å². The molecule has 3 aromatic heterocycles. The van der Waals surface area contributed by atoms with Crippen molar-refractivity contribution in [3.05, 3.63) is 59.2 Å². The number of methoxy groups -OCH3 is 1. The molecule has 11 nitrogen and oxygen atoms in total. The second-order valence-electron chi connectivity index (χ2n) is 9.26. The maximum Gasteiger partial charge on any atom is 0.204 e. The van der Waals surface area contributed by atoms with Crippen molar-refractivity contribution in [2.45, 2.75) is 39.2 Å². The van der Waals surface area contributed by atoms with Crippen LogP contribution in [0.3, 0.4) is 0 Å². The molecule has 1 fully saturated rings. The van der Waals surface area contributed by atoms with Crippen molar-refractivity contribution >= 4 is 17.5 Å². The maximum absolute atomic E-state index is 14.9. The molecule has 0 bridgehead atoms. The molecule has 0 unspecified atom stereocenters. The summed E-state index contributed by atoms with van der Waals surface area (Å²) < 4.78 is 47.7. The van der Waals surface area contributed by atoms with Crippen LogP contribution in [-0.2, 0) is 11.3 Å². The van der Waals surface area contributed by atoms with Crippen LogP contribution in [0.1, 0.15) is 42.5 Å². The molecule has 40 heavy (non-hydrogen) atoms. The SMILES string of the molecule is CCOc1cc(F)c(Cn2nc(-c3nc(N)c(OCCOC)c(Nc4ccncn4)n3)c(C)c2C2CC2)c(F)c1. The fraction of sp³-hybridized carbons (Fsp3) is 0.370. The van der Waals surface area contributed by atoms with Crippen LogP contribution in [-0.4, -0.2) is 56.6 Å². The Labute approximate surface area is 229 Å². The van der Waals surface area contributed by atoms with Gasteiger partial charge in [0.1, 0.15) is 41.8 Å². The average Bonchev–Trinajstić information content (AvgIpc) is 3.71. The highest BCUT2D eigenvalue weighted by Gasteiger charge is 2.33. The molecule has 0 saturated heterocycles. The molecule has 0 atom stereocenters. The highest BCUT2D eigenvalue weighted by atomic mass is 19.1. The van der Waals surface area contributed by atoms with Crippen LogP contribution in [0.15, 0.2) is 30.7 Å². The van der Waals surface area contributed by atoms with Crippen LogP contribution in [0.5, 0.6) is 11.5 Å². The first-order chi connectivity index (χ1) is 19.4. The van der Waals surface area contributed by atoms with Gasteiger partial charge in [-0.05, 0) is 32.8 Å². The van der Waals surface area contributed by atoms with Crippen LogP contribution in [0.2, 0.25) is 0 Å². The van der Waals surface area contributed by atoms with Gasteiger partial charge in [0.2, 0.25) is 5.75 Å². The minimum Gasteiger partial charge on any atom is -0.494 e. The number of nitrogens with two attached hydrogens (primary N) is 1. The molecule has 3 heterocycles. The minimum atomic E-state index is -0.700. The van der Waals surface area contributed by atoms with Gasteiger partial charge >= 0.3 is 0 Å². The lowest BCUT2D eigenvalue weighted by atomic mass is 10.1.